The van der Waals surface area contributed by atoms with Gasteiger partial charge in [0.05, 0.1) is 5.75 Å². The smallest absolute Gasteiger partial charge is 0.324 e. The predicted molar refractivity (Wildman–Crippen MR) is 75.7 cm³/mol. The maximum Gasteiger partial charge on any atom is 0.324 e. The average Bonchev–Trinajstić information content (AvgIpc) is 2.39. The minimum Gasteiger partial charge on any atom is -0.480 e. The summed E-state index contributed by atoms with van der Waals surface area (Å²) in [4.78, 5) is 11.5. The molecular formula is C14H19NO4S. The molecule has 1 atom stereocenters. The second-order valence-electron chi connectivity index (χ2n) is 5.35. The van der Waals surface area contributed by atoms with E-state index < -0.39 is 21.5 Å². The second kappa shape index (κ2) is 5.54. The molecule has 1 unspecified atom stereocenters. The van der Waals surface area contributed by atoms with E-state index >= 15 is 0 Å². The molecule has 1 aliphatic heterocycles. The van der Waals surface area contributed by atoms with Gasteiger partial charge in [-0.15, -0.1) is 0 Å². The predicted octanol–water partition coefficient (Wildman–Crippen LogP) is 1.85. The number of sulfonamides is 1. The Balaban J connectivity index is 2.29. The fourth-order valence-corrected chi connectivity index (χ4v) is 4.58. The van der Waals surface area contributed by atoms with Gasteiger partial charge in [-0.3, -0.25) is 4.79 Å². The molecule has 5 nitrogen and oxygen atoms in total. The lowest BCUT2D eigenvalue weighted by molar-refractivity contribution is -0.149. The Kier molecular flexibility index (Phi) is 4.15. The third-order valence-electron chi connectivity index (χ3n) is 3.81. The maximum atomic E-state index is 12.5. The first-order valence-electron chi connectivity index (χ1n) is 6.64. The van der Waals surface area contributed by atoms with E-state index in [1.165, 1.54) is 11.2 Å². The first kappa shape index (κ1) is 15.0. The van der Waals surface area contributed by atoms with Crippen LogP contribution in [0.4, 0.5) is 0 Å². The van der Waals surface area contributed by atoms with Crippen LogP contribution < -0.4 is 0 Å². The molecule has 2 rings (SSSR count). The van der Waals surface area contributed by atoms with Crippen LogP contribution in [0.1, 0.15) is 31.7 Å². The lowest BCUT2D eigenvalue weighted by atomic mass is 9.91. The van der Waals surface area contributed by atoms with Gasteiger partial charge in [-0.05, 0) is 31.7 Å². The lowest BCUT2D eigenvalue weighted by Crippen LogP contribution is -2.57. The summed E-state index contributed by atoms with van der Waals surface area (Å²) in [7, 11) is -3.64. The summed E-state index contributed by atoms with van der Waals surface area (Å²) < 4.78 is 26.2. The third kappa shape index (κ3) is 2.86. The molecule has 6 heteroatoms. The van der Waals surface area contributed by atoms with E-state index in [1.807, 2.05) is 6.07 Å². The maximum absolute atomic E-state index is 12.5. The number of hydrogen-bond donors (Lipinski definition) is 1. The summed E-state index contributed by atoms with van der Waals surface area (Å²) in [6, 6.07) is 8.84. The highest BCUT2D eigenvalue weighted by Crippen LogP contribution is 2.32. The molecule has 1 aromatic carbocycles. The summed E-state index contributed by atoms with van der Waals surface area (Å²) >= 11 is 0. The zero-order valence-corrected chi connectivity index (χ0v) is 12.3. The summed E-state index contributed by atoms with van der Waals surface area (Å²) in [5.41, 5.74) is -0.655. The van der Waals surface area contributed by atoms with Crippen molar-refractivity contribution in [3.63, 3.8) is 0 Å². The zero-order valence-electron chi connectivity index (χ0n) is 11.4. The molecular weight excluding hydrogens is 278 g/mol. The van der Waals surface area contributed by atoms with Crippen LogP contribution in [0.2, 0.25) is 0 Å². The highest BCUT2D eigenvalue weighted by atomic mass is 32.2. The first-order chi connectivity index (χ1) is 9.36. The number of rotatable bonds is 4. The number of carbonyl (C=O) groups is 1. The van der Waals surface area contributed by atoms with Gasteiger partial charge >= 0.3 is 5.97 Å². The van der Waals surface area contributed by atoms with Crippen LogP contribution in [0.25, 0.3) is 0 Å². The standard InChI is InChI=1S/C14H19NO4S/c1-14(13(16)17)9-5-6-10-15(14)20(18,19)11-12-7-3-2-4-8-12/h2-4,7-8H,5-6,9-11H2,1H3,(H,16,17). The Morgan fingerprint density at radius 3 is 2.55 bits per heavy atom. The Hall–Kier alpha value is -1.40. The quantitative estimate of drug-likeness (QED) is 0.920. The molecule has 1 aromatic rings. The molecule has 0 saturated carbocycles. The van der Waals surface area contributed by atoms with Gasteiger partial charge in [0.1, 0.15) is 5.54 Å². The van der Waals surface area contributed by atoms with Crippen molar-refractivity contribution in [1.29, 1.82) is 0 Å². The zero-order chi connectivity index (χ0) is 14.8. The van der Waals surface area contributed by atoms with Crippen LogP contribution in [0.15, 0.2) is 30.3 Å². The highest BCUT2D eigenvalue weighted by molar-refractivity contribution is 7.88. The minimum atomic E-state index is -3.64. The van der Waals surface area contributed by atoms with Crippen LogP contribution in [0.5, 0.6) is 0 Å². The molecule has 0 aromatic heterocycles. The number of carboxylic acid groups (broad SMARTS) is 1. The highest BCUT2D eigenvalue weighted by Gasteiger charge is 2.47. The van der Waals surface area contributed by atoms with Crippen LogP contribution in [0.3, 0.4) is 0 Å². The Labute approximate surface area is 119 Å². The minimum absolute atomic E-state index is 0.156. The molecule has 1 saturated heterocycles. The summed E-state index contributed by atoms with van der Waals surface area (Å²) in [5.74, 6) is -1.23. The second-order valence-corrected chi connectivity index (χ2v) is 7.24. The Bertz CT molecular complexity index is 584. The topological polar surface area (TPSA) is 74.7 Å². The molecule has 0 radical (unpaired) electrons. The largest absolute Gasteiger partial charge is 0.480 e. The molecule has 0 aliphatic carbocycles. The van der Waals surface area contributed by atoms with Crippen molar-refractivity contribution in [2.45, 2.75) is 37.5 Å². The third-order valence-corrected chi connectivity index (χ3v) is 5.77. The Morgan fingerprint density at radius 1 is 1.30 bits per heavy atom. The number of hydrogen-bond acceptors (Lipinski definition) is 3. The lowest BCUT2D eigenvalue weighted by Gasteiger charge is -2.40. The summed E-state index contributed by atoms with van der Waals surface area (Å²) in [6.07, 6.45) is 1.80. The average molecular weight is 297 g/mol. The molecule has 110 valence electrons. The number of aliphatic carboxylic acids is 1. The first-order valence-corrected chi connectivity index (χ1v) is 8.25. The van der Waals surface area contributed by atoms with Crippen molar-refractivity contribution in [3.05, 3.63) is 35.9 Å². The van der Waals surface area contributed by atoms with Gasteiger partial charge in [0.25, 0.3) is 0 Å². The van der Waals surface area contributed by atoms with Gasteiger partial charge in [-0.2, -0.15) is 4.31 Å². The van der Waals surface area contributed by atoms with Gasteiger partial charge in [-0.1, -0.05) is 30.3 Å². The number of benzene rings is 1. The van der Waals surface area contributed by atoms with E-state index in [4.69, 9.17) is 0 Å². The van der Waals surface area contributed by atoms with Crippen molar-refractivity contribution < 1.29 is 18.3 Å². The fourth-order valence-electron chi connectivity index (χ4n) is 2.62. The van der Waals surface area contributed by atoms with Gasteiger partial charge < -0.3 is 5.11 Å². The van der Waals surface area contributed by atoms with Crippen molar-refractivity contribution in [2.75, 3.05) is 6.54 Å². The SMILES string of the molecule is CC1(C(=O)O)CCCCN1S(=O)(=O)Cc1ccccc1. The van der Waals surface area contributed by atoms with Gasteiger partial charge in [0.15, 0.2) is 0 Å². The van der Waals surface area contributed by atoms with E-state index in [-0.39, 0.29) is 12.3 Å². The van der Waals surface area contributed by atoms with Gasteiger partial charge in [0.2, 0.25) is 10.0 Å². The van der Waals surface area contributed by atoms with E-state index in [0.717, 1.165) is 6.42 Å². The van der Waals surface area contributed by atoms with E-state index in [9.17, 15) is 18.3 Å². The van der Waals surface area contributed by atoms with E-state index in [0.29, 0.717) is 18.4 Å². The molecule has 1 heterocycles. The van der Waals surface area contributed by atoms with Crippen molar-refractivity contribution >= 4 is 16.0 Å². The molecule has 1 fully saturated rings. The molecule has 0 spiro atoms. The van der Waals surface area contributed by atoms with E-state index in [2.05, 4.69) is 0 Å². The van der Waals surface area contributed by atoms with Gasteiger partial charge in [-0.25, -0.2) is 8.42 Å². The summed E-state index contributed by atoms with van der Waals surface area (Å²) in [6.45, 7) is 1.77. The van der Waals surface area contributed by atoms with Crippen LogP contribution in [-0.4, -0.2) is 35.9 Å². The van der Waals surface area contributed by atoms with Crippen LogP contribution in [-0.2, 0) is 20.6 Å². The summed E-state index contributed by atoms with van der Waals surface area (Å²) in [5, 5.41) is 9.39. The van der Waals surface area contributed by atoms with Gasteiger partial charge in [0, 0.05) is 6.54 Å². The number of nitrogens with zero attached hydrogens (tertiary/aromatic N) is 1. The normalized spacial score (nSPS) is 24.4. The fraction of sp³-hybridized carbons (Fsp3) is 0.500. The number of carboxylic acids is 1. The van der Waals surface area contributed by atoms with Crippen LogP contribution in [0, 0.1) is 0 Å². The van der Waals surface area contributed by atoms with E-state index in [1.54, 1.807) is 24.3 Å². The molecule has 0 amide bonds. The monoisotopic (exact) mass is 297 g/mol. The number of piperidine rings is 1. The van der Waals surface area contributed by atoms with Crippen molar-refractivity contribution in [1.82, 2.24) is 4.31 Å². The molecule has 20 heavy (non-hydrogen) atoms. The van der Waals surface area contributed by atoms with Crippen LogP contribution >= 0.6 is 0 Å². The molecule has 1 aliphatic rings. The Morgan fingerprint density at radius 2 is 1.95 bits per heavy atom. The molecule has 0 bridgehead atoms. The van der Waals surface area contributed by atoms with Crippen molar-refractivity contribution in [3.8, 4) is 0 Å². The van der Waals surface area contributed by atoms with Crippen molar-refractivity contribution in [2.24, 2.45) is 0 Å². The molecule has 1 N–H and O–H groups in total.